The first-order valence-corrected chi connectivity index (χ1v) is 10.7. The first-order chi connectivity index (χ1) is 14.7. The maximum absolute atomic E-state index is 12.5. The zero-order valence-corrected chi connectivity index (χ0v) is 20.6. The van der Waals surface area contributed by atoms with Gasteiger partial charge in [-0.2, -0.15) is 0 Å². The Morgan fingerprint density at radius 1 is 1.19 bits per heavy atom. The van der Waals surface area contributed by atoms with Crippen molar-refractivity contribution in [3.8, 4) is 5.88 Å². The maximum Gasteiger partial charge on any atom is 0.289 e. The lowest BCUT2D eigenvalue weighted by atomic mass is 10.2. The molecule has 0 saturated carbocycles. The van der Waals surface area contributed by atoms with Gasteiger partial charge in [-0.1, -0.05) is 19.4 Å². The van der Waals surface area contributed by atoms with Crippen LogP contribution in [0.5, 0.6) is 5.88 Å². The molecule has 2 aromatic rings. The summed E-state index contributed by atoms with van der Waals surface area (Å²) in [4.78, 5) is 25.6. The first kappa shape index (κ1) is 25.0. The van der Waals surface area contributed by atoms with E-state index in [9.17, 15) is 4.79 Å². The molecule has 1 N–H and O–H groups in total. The van der Waals surface area contributed by atoms with E-state index in [4.69, 9.17) is 14.1 Å². The van der Waals surface area contributed by atoms with Crippen LogP contribution in [-0.4, -0.2) is 66.0 Å². The monoisotopic (exact) mass is 541 g/mol. The Kier molecular flexibility index (Phi) is 10.6. The first-order valence-electron chi connectivity index (χ1n) is 10.7. The third-order valence-corrected chi connectivity index (χ3v) is 4.92. The molecule has 9 heteroatoms. The standard InChI is InChI=1S/C22H31N5O3.HI/c1-3-5-15-30-20-18(8-6-10-24-20)17-25-22(23-4-2)27-13-11-26(12-14-27)21(28)19-9-7-16-29-19;/h6-10,16H,3-5,11-15,17H2,1-2H3,(H,23,25);1H. The summed E-state index contributed by atoms with van der Waals surface area (Å²) in [5.74, 6) is 1.81. The van der Waals surface area contributed by atoms with Crippen LogP contribution in [0.15, 0.2) is 46.1 Å². The van der Waals surface area contributed by atoms with E-state index in [-0.39, 0.29) is 29.9 Å². The molecular weight excluding hydrogens is 509 g/mol. The number of unbranched alkanes of at least 4 members (excludes halogenated alkanes) is 1. The number of aromatic nitrogens is 1. The lowest BCUT2D eigenvalue weighted by Gasteiger charge is -2.36. The highest BCUT2D eigenvalue weighted by atomic mass is 127. The Bertz CT molecular complexity index is 820. The summed E-state index contributed by atoms with van der Waals surface area (Å²) in [6, 6.07) is 7.34. The molecule has 3 rings (SSSR count). The molecule has 0 radical (unpaired) electrons. The zero-order chi connectivity index (χ0) is 21.2. The number of guanidine groups is 1. The van der Waals surface area contributed by atoms with Crippen molar-refractivity contribution in [3.63, 3.8) is 0 Å². The van der Waals surface area contributed by atoms with Crippen LogP contribution in [0.3, 0.4) is 0 Å². The van der Waals surface area contributed by atoms with Gasteiger partial charge in [-0.15, -0.1) is 24.0 Å². The topological polar surface area (TPSA) is 83.2 Å². The van der Waals surface area contributed by atoms with E-state index in [0.29, 0.717) is 51.0 Å². The van der Waals surface area contributed by atoms with Crippen molar-refractivity contribution in [1.29, 1.82) is 0 Å². The lowest BCUT2D eigenvalue weighted by molar-refractivity contribution is 0.0657. The van der Waals surface area contributed by atoms with Crippen LogP contribution in [0.1, 0.15) is 42.8 Å². The number of pyridine rings is 1. The molecule has 0 aliphatic carbocycles. The fourth-order valence-corrected chi connectivity index (χ4v) is 3.25. The molecule has 1 fully saturated rings. The Labute approximate surface area is 201 Å². The minimum Gasteiger partial charge on any atom is -0.477 e. The molecule has 0 aromatic carbocycles. The Balaban J connectivity index is 0.00000341. The van der Waals surface area contributed by atoms with E-state index < -0.39 is 0 Å². The van der Waals surface area contributed by atoms with Gasteiger partial charge in [0.25, 0.3) is 5.91 Å². The van der Waals surface area contributed by atoms with E-state index >= 15 is 0 Å². The second-order valence-corrected chi connectivity index (χ2v) is 7.10. The van der Waals surface area contributed by atoms with Crippen LogP contribution in [0.25, 0.3) is 0 Å². The van der Waals surface area contributed by atoms with Gasteiger partial charge >= 0.3 is 0 Å². The molecule has 170 valence electrons. The van der Waals surface area contributed by atoms with E-state index in [1.165, 1.54) is 6.26 Å². The highest BCUT2D eigenvalue weighted by molar-refractivity contribution is 14.0. The third-order valence-electron chi connectivity index (χ3n) is 4.92. The number of ether oxygens (including phenoxy) is 1. The number of piperazine rings is 1. The average Bonchev–Trinajstić information content (AvgIpc) is 3.32. The Morgan fingerprint density at radius 3 is 2.65 bits per heavy atom. The molecule has 2 aromatic heterocycles. The summed E-state index contributed by atoms with van der Waals surface area (Å²) >= 11 is 0. The van der Waals surface area contributed by atoms with Crippen LogP contribution >= 0.6 is 24.0 Å². The summed E-state index contributed by atoms with van der Waals surface area (Å²) in [7, 11) is 0. The van der Waals surface area contributed by atoms with Gasteiger partial charge < -0.3 is 24.3 Å². The van der Waals surface area contributed by atoms with Crippen molar-refractivity contribution in [3.05, 3.63) is 48.0 Å². The van der Waals surface area contributed by atoms with Gasteiger partial charge in [0, 0.05) is 44.5 Å². The number of nitrogens with one attached hydrogen (secondary N) is 1. The predicted molar refractivity (Wildman–Crippen MR) is 131 cm³/mol. The number of amides is 1. The minimum atomic E-state index is -0.0641. The van der Waals surface area contributed by atoms with Gasteiger partial charge in [-0.05, 0) is 31.5 Å². The van der Waals surface area contributed by atoms with Gasteiger partial charge in [-0.25, -0.2) is 9.98 Å². The third kappa shape index (κ3) is 7.12. The Morgan fingerprint density at radius 2 is 1.97 bits per heavy atom. The molecule has 0 spiro atoms. The van der Waals surface area contributed by atoms with Gasteiger partial charge in [0.1, 0.15) is 0 Å². The summed E-state index contributed by atoms with van der Waals surface area (Å²) in [5, 5.41) is 3.36. The lowest BCUT2D eigenvalue weighted by Crippen LogP contribution is -2.53. The van der Waals surface area contributed by atoms with Crippen molar-refractivity contribution in [1.82, 2.24) is 20.1 Å². The highest BCUT2D eigenvalue weighted by Crippen LogP contribution is 2.16. The van der Waals surface area contributed by atoms with Crippen molar-refractivity contribution in [2.45, 2.75) is 33.2 Å². The molecular formula is C22H32IN5O3. The molecule has 0 unspecified atom stereocenters. The van der Waals surface area contributed by atoms with Gasteiger partial charge in [0.05, 0.1) is 19.4 Å². The summed E-state index contributed by atoms with van der Waals surface area (Å²) in [6.45, 7) is 8.80. The quantitative estimate of drug-likeness (QED) is 0.239. The number of rotatable bonds is 8. The number of carbonyl (C=O) groups is 1. The van der Waals surface area contributed by atoms with Gasteiger partial charge in [0.15, 0.2) is 11.7 Å². The van der Waals surface area contributed by atoms with Crippen molar-refractivity contribution in [2.75, 3.05) is 39.3 Å². The normalized spacial score (nSPS) is 14.2. The fourth-order valence-electron chi connectivity index (χ4n) is 3.25. The van der Waals surface area contributed by atoms with Gasteiger partial charge in [0.2, 0.25) is 5.88 Å². The predicted octanol–water partition coefficient (Wildman–Crippen LogP) is 3.40. The second-order valence-electron chi connectivity index (χ2n) is 7.10. The molecule has 1 aliphatic rings. The second kappa shape index (κ2) is 13.2. The van der Waals surface area contributed by atoms with Gasteiger partial charge in [-0.3, -0.25) is 4.79 Å². The number of halogens is 1. The van der Waals surface area contributed by atoms with E-state index in [0.717, 1.165) is 30.9 Å². The highest BCUT2D eigenvalue weighted by Gasteiger charge is 2.25. The molecule has 1 saturated heterocycles. The number of aliphatic imine (C=N–C) groups is 1. The SMILES string of the molecule is CCCCOc1ncccc1CN=C(NCC)N1CCN(C(=O)c2ccco2)CC1.I. The molecule has 0 bridgehead atoms. The summed E-state index contributed by atoms with van der Waals surface area (Å²) in [5.41, 5.74) is 0.968. The zero-order valence-electron chi connectivity index (χ0n) is 18.2. The van der Waals surface area contributed by atoms with E-state index in [1.54, 1.807) is 18.3 Å². The Hall–Kier alpha value is -2.30. The maximum atomic E-state index is 12.5. The van der Waals surface area contributed by atoms with Crippen LogP contribution in [-0.2, 0) is 6.54 Å². The molecule has 1 aliphatic heterocycles. The molecule has 3 heterocycles. The largest absolute Gasteiger partial charge is 0.477 e. The number of hydrogen-bond donors (Lipinski definition) is 1. The number of hydrogen-bond acceptors (Lipinski definition) is 5. The smallest absolute Gasteiger partial charge is 0.289 e. The number of furan rings is 1. The number of carbonyl (C=O) groups excluding carboxylic acids is 1. The van der Waals surface area contributed by atoms with E-state index in [2.05, 4.69) is 29.0 Å². The van der Waals surface area contributed by atoms with Crippen LogP contribution in [0.2, 0.25) is 0 Å². The summed E-state index contributed by atoms with van der Waals surface area (Å²) < 4.78 is 11.1. The summed E-state index contributed by atoms with van der Waals surface area (Å²) in [6.07, 6.45) is 5.36. The minimum absolute atomic E-state index is 0. The number of nitrogens with zero attached hydrogens (tertiary/aromatic N) is 4. The van der Waals surface area contributed by atoms with Crippen LogP contribution < -0.4 is 10.1 Å². The van der Waals surface area contributed by atoms with Crippen LogP contribution in [0.4, 0.5) is 0 Å². The van der Waals surface area contributed by atoms with Crippen molar-refractivity contribution >= 4 is 35.8 Å². The molecule has 8 nitrogen and oxygen atoms in total. The van der Waals surface area contributed by atoms with Crippen molar-refractivity contribution in [2.24, 2.45) is 4.99 Å². The molecule has 1 amide bonds. The van der Waals surface area contributed by atoms with Crippen LogP contribution in [0, 0.1) is 0 Å². The fraction of sp³-hybridized carbons (Fsp3) is 0.500. The van der Waals surface area contributed by atoms with E-state index in [1.807, 2.05) is 17.0 Å². The molecule has 0 atom stereocenters. The van der Waals surface area contributed by atoms with Crippen molar-refractivity contribution < 1.29 is 13.9 Å². The average molecular weight is 541 g/mol. The molecule has 31 heavy (non-hydrogen) atoms.